The molecular formula is C24H23FN2O4. The van der Waals surface area contributed by atoms with Crippen molar-refractivity contribution in [2.75, 3.05) is 26.1 Å². The number of carbonyl (C=O) groups is 2. The first-order valence-electron chi connectivity index (χ1n) is 9.61. The van der Waals surface area contributed by atoms with Crippen LogP contribution in [0, 0.1) is 5.82 Å². The average molecular weight is 422 g/mol. The molecule has 160 valence electrons. The fraction of sp³-hybridized carbons (Fsp3) is 0.167. The van der Waals surface area contributed by atoms with Gasteiger partial charge in [-0.1, -0.05) is 18.2 Å². The second-order valence-corrected chi connectivity index (χ2v) is 6.88. The molecule has 0 aliphatic heterocycles. The molecule has 0 aromatic heterocycles. The molecule has 3 rings (SSSR count). The highest BCUT2D eigenvalue weighted by Gasteiger charge is 2.13. The molecule has 0 saturated heterocycles. The van der Waals surface area contributed by atoms with Crippen LogP contribution < -0.4 is 14.8 Å². The third-order valence-corrected chi connectivity index (χ3v) is 4.50. The summed E-state index contributed by atoms with van der Waals surface area (Å²) in [6.45, 7) is 0.191. The number of hydrogen-bond acceptors (Lipinski definition) is 4. The normalized spacial score (nSPS) is 10.3. The van der Waals surface area contributed by atoms with Crippen LogP contribution in [-0.4, -0.2) is 37.5 Å². The van der Waals surface area contributed by atoms with Gasteiger partial charge in [0.25, 0.3) is 11.8 Å². The van der Waals surface area contributed by atoms with Crippen molar-refractivity contribution in [2.24, 2.45) is 0 Å². The molecule has 0 saturated carbocycles. The van der Waals surface area contributed by atoms with E-state index in [1.807, 2.05) is 0 Å². The van der Waals surface area contributed by atoms with Gasteiger partial charge in [-0.05, 0) is 54.1 Å². The Morgan fingerprint density at radius 3 is 2.35 bits per heavy atom. The molecular weight excluding hydrogens is 399 g/mol. The lowest BCUT2D eigenvalue weighted by Gasteiger charge is -2.17. The largest absolute Gasteiger partial charge is 0.497 e. The lowest BCUT2D eigenvalue weighted by atomic mass is 10.1. The maximum Gasteiger partial charge on any atom is 0.262 e. The quantitative estimate of drug-likeness (QED) is 0.593. The molecule has 0 heterocycles. The Morgan fingerprint density at radius 1 is 0.968 bits per heavy atom. The number of nitrogens with zero attached hydrogens (tertiary/aromatic N) is 1. The van der Waals surface area contributed by atoms with Crippen LogP contribution in [0.3, 0.4) is 0 Å². The predicted molar refractivity (Wildman–Crippen MR) is 116 cm³/mol. The molecule has 0 aliphatic rings. The molecule has 0 aliphatic carbocycles. The highest BCUT2D eigenvalue weighted by molar-refractivity contribution is 5.94. The highest BCUT2D eigenvalue weighted by Crippen LogP contribution is 2.17. The number of rotatable bonds is 8. The molecule has 3 aromatic carbocycles. The van der Waals surface area contributed by atoms with Gasteiger partial charge in [-0.15, -0.1) is 0 Å². The van der Waals surface area contributed by atoms with Crippen LogP contribution in [0.1, 0.15) is 15.9 Å². The van der Waals surface area contributed by atoms with Gasteiger partial charge in [0, 0.05) is 30.9 Å². The molecule has 0 unspecified atom stereocenters. The number of nitrogens with one attached hydrogen (secondary N) is 1. The predicted octanol–water partition coefficient (Wildman–Crippen LogP) is 4.12. The summed E-state index contributed by atoms with van der Waals surface area (Å²) in [7, 11) is 3.23. The zero-order valence-corrected chi connectivity index (χ0v) is 17.3. The van der Waals surface area contributed by atoms with Gasteiger partial charge in [0.1, 0.15) is 17.3 Å². The molecule has 0 fully saturated rings. The molecule has 0 atom stereocenters. The van der Waals surface area contributed by atoms with Gasteiger partial charge in [0.2, 0.25) is 0 Å². The molecule has 0 spiro atoms. The maximum atomic E-state index is 13.0. The Bertz CT molecular complexity index is 1040. The van der Waals surface area contributed by atoms with E-state index < -0.39 is 0 Å². The van der Waals surface area contributed by atoms with Gasteiger partial charge in [-0.25, -0.2) is 4.39 Å². The van der Waals surface area contributed by atoms with Gasteiger partial charge >= 0.3 is 0 Å². The van der Waals surface area contributed by atoms with E-state index in [1.165, 1.54) is 12.1 Å². The van der Waals surface area contributed by atoms with Crippen molar-refractivity contribution in [3.63, 3.8) is 0 Å². The van der Waals surface area contributed by atoms with E-state index in [9.17, 15) is 14.0 Å². The van der Waals surface area contributed by atoms with E-state index >= 15 is 0 Å². The molecule has 3 aromatic rings. The minimum atomic E-state index is -0.314. The lowest BCUT2D eigenvalue weighted by molar-refractivity contribution is -0.118. The fourth-order valence-electron chi connectivity index (χ4n) is 2.90. The molecule has 0 radical (unpaired) electrons. The average Bonchev–Trinajstić information content (AvgIpc) is 2.79. The van der Waals surface area contributed by atoms with Crippen molar-refractivity contribution in [2.45, 2.75) is 6.54 Å². The topological polar surface area (TPSA) is 67.9 Å². The minimum absolute atomic E-state index is 0.172. The molecule has 0 bridgehead atoms. The number of benzene rings is 3. The van der Waals surface area contributed by atoms with Gasteiger partial charge in [-0.2, -0.15) is 0 Å². The van der Waals surface area contributed by atoms with E-state index in [0.29, 0.717) is 29.3 Å². The third-order valence-electron chi connectivity index (χ3n) is 4.50. The zero-order chi connectivity index (χ0) is 22.2. The molecule has 2 amide bonds. The monoisotopic (exact) mass is 422 g/mol. The lowest BCUT2D eigenvalue weighted by Crippen LogP contribution is -2.26. The SMILES string of the molecule is COc1cccc(NC(=O)COc2ccc(C(=O)N(C)Cc3ccc(F)cc3)cc2)c1. The van der Waals surface area contributed by atoms with E-state index in [4.69, 9.17) is 9.47 Å². The van der Waals surface area contributed by atoms with Crippen molar-refractivity contribution in [3.8, 4) is 11.5 Å². The van der Waals surface area contributed by atoms with Crippen LogP contribution >= 0.6 is 0 Å². The first-order chi connectivity index (χ1) is 14.9. The Kier molecular flexibility index (Phi) is 7.22. The van der Waals surface area contributed by atoms with Crippen molar-refractivity contribution in [1.82, 2.24) is 4.90 Å². The van der Waals surface area contributed by atoms with Crippen LogP contribution in [0.15, 0.2) is 72.8 Å². The second-order valence-electron chi connectivity index (χ2n) is 6.88. The number of ether oxygens (including phenoxy) is 2. The van der Waals surface area contributed by atoms with Crippen molar-refractivity contribution < 1.29 is 23.5 Å². The summed E-state index contributed by atoms with van der Waals surface area (Å²) < 4.78 is 23.6. The van der Waals surface area contributed by atoms with Crippen LogP contribution in [-0.2, 0) is 11.3 Å². The number of anilines is 1. The molecule has 1 N–H and O–H groups in total. The minimum Gasteiger partial charge on any atom is -0.497 e. The summed E-state index contributed by atoms with van der Waals surface area (Å²) in [6.07, 6.45) is 0. The standard InChI is InChI=1S/C24H23FN2O4/c1-27(15-17-6-10-19(25)11-7-17)24(29)18-8-12-21(13-9-18)31-16-23(28)26-20-4-3-5-22(14-20)30-2/h3-14H,15-16H2,1-2H3,(H,26,28). The highest BCUT2D eigenvalue weighted by atomic mass is 19.1. The number of halogens is 1. The Balaban J connectivity index is 1.51. The summed E-state index contributed by atoms with van der Waals surface area (Å²) in [6, 6.07) is 19.6. The molecule has 6 nitrogen and oxygen atoms in total. The van der Waals surface area contributed by atoms with E-state index in [0.717, 1.165) is 5.56 Å². The number of methoxy groups -OCH3 is 1. The Labute approximate surface area is 180 Å². The van der Waals surface area contributed by atoms with Crippen LogP contribution in [0.2, 0.25) is 0 Å². The number of carbonyl (C=O) groups excluding carboxylic acids is 2. The van der Waals surface area contributed by atoms with Gasteiger partial charge in [-0.3, -0.25) is 9.59 Å². The van der Waals surface area contributed by atoms with Crippen LogP contribution in [0.4, 0.5) is 10.1 Å². The summed E-state index contributed by atoms with van der Waals surface area (Å²) in [4.78, 5) is 26.2. The second kappa shape index (κ2) is 10.2. The summed E-state index contributed by atoms with van der Waals surface area (Å²) in [5.74, 6) is 0.312. The van der Waals surface area contributed by atoms with Crippen LogP contribution in [0.25, 0.3) is 0 Å². The van der Waals surface area contributed by atoms with E-state index in [1.54, 1.807) is 79.7 Å². The molecule has 31 heavy (non-hydrogen) atoms. The van der Waals surface area contributed by atoms with Gasteiger partial charge in [0.15, 0.2) is 6.61 Å². The summed E-state index contributed by atoms with van der Waals surface area (Å²) >= 11 is 0. The molecule has 7 heteroatoms. The summed E-state index contributed by atoms with van der Waals surface area (Å²) in [5, 5.41) is 2.73. The number of amides is 2. The van der Waals surface area contributed by atoms with E-state index in [-0.39, 0.29) is 24.2 Å². The van der Waals surface area contributed by atoms with Crippen LogP contribution in [0.5, 0.6) is 11.5 Å². The van der Waals surface area contributed by atoms with Gasteiger partial charge in [0.05, 0.1) is 7.11 Å². The van der Waals surface area contributed by atoms with E-state index in [2.05, 4.69) is 5.32 Å². The zero-order valence-electron chi connectivity index (χ0n) is 17.3. The Hall–Kier alpha value is -3.87. The van der Waals surface area contributed by atoms with Crippen molar-refractivity contribution in [3.05, 3.63) is 89.7 Å². The van der Waals surface area contributed by atoms with Gasteiger partial charge < -0.3 is 19.7 Å². The maximum absolute atomic E-state index is 13.0. The first kappa shape index (κ1) is 21.8. The third kappa shape index (κ3) is 6.30. The number of hydrogen-bond donors (Lipinski definition) is 1. The van der Waals surface area contributed by atoms with Crippen molar-refractivity contribution >= 4 is 17.5 Å². The Morgan fingerprint density at radius 2 is 1.68 bits per heavy atom. The summed E-state index contributed by atoms with van der Waals surface area (Å²) in [5.41, 5.74) is 1.93. The van der Waals surface area contributed by atoms with Crippen molar-refractivity contribution in [1.29, 1.82) is 0 Å². The first-order valence-corrected chi connectivity index (χ1v) is 9.61. The fourth-order valence-corrected chi connectivity index (χ4v) is 2.90. The smallest absolute Gasteiger partial charge is 0.262 e.